The normalized spacial score (nSPS) is 16.9. The smallest absolute Gasteiger partial charge is 0.351 e. The number of esters is 1. The molecule has 0 aromatic heterocycles. The van der Waals surface area contributed by atoms with Gasteiger partial charge in [0.15, 0.2) is 18.1 Å². The van der Waals surface area contributed by atoms with Gasteiger partial charge in [0.2, 0.25) is 6.10 Å². The number of fused-ring (bicyclic) bond motifs is 1. The van der Waals surface area contributed by atoms with Gasteiger partial charge in [-0.15, -0.1) is 0 Å². The summed E-state index contributed by atoms with van der Waals surface area (Å²) < 4.78 is 16.5. The van der Waals surface area contributed by atoms with Crippen molar-refractivity contribution in [3.63, 3.8) is 0 Å². The quantitative estimate of drug-likeness (QED) is 0.685. The van der Waals surface area contributed by atoms with Crippen molar-refractivity contribution in [3.05, 3.63) is 54.1 Å². The second kappa shape index (κ2) is 9.97. The van der Waals surface area contributed by atoms with Gasteiger partial charge in [-0.1, -0.05) is 18.2 Å². The minimum atomic E-state index is -0.974. The van der Waals surface area contributed by atoms with Crippen LogP contribution < -0.4 is 14.8 Å². The van der Waals surface area contributed by atoms with Crippen molar-refractivity contribution >= 4 is 23.5 Å². The van der Waals surface area contributed by atoms with Crippen LogP contribution in [0.5, 0.6) is 11.5 Å². The van der Waals surface area contributed by atoms with E-state index in [1.54, 1.807) is 54.3 Å². The average molecular weight is 426 g/mol. The number of anilines is 1. The molecule has 2 amide bonds. The Morgan fingerprint density at radius 1 is 1.00 bits per heavy atom. The highest BCUT2D eigenvalue weighted by molar-refractivity contribution is 5.97. The molecule has 2 aromatic rings. The number of hydrogen-bond donors (Lipinski definition) is 1. The number of para-hydroxylation sites is 2. The molecule has 1 aliphatic heterocycles. The van der Waals surface area contributed by atoms with Crippen LogP contribution in [0, 0.1) is 0 Å². The van der Waals surface area contributed by atoms with Crippen molar-refractivity contribution in [1.82, 2.24) is 4.90 Å². The zero-order valence-corrected chi connectivity index (χ0v) is 17.8. The molecule has 3 rings (SSSR count). The molecule has 1 N–H and O–H groups in total. The molecule has 0 aliphatic carbocycles. The number of ether oxygens (including phenoxy) is 3. The van der Waals surface area contributed by atoms with Gasteiger partial charge in [0.1, 0.15) is 6.10 Å². The Kier molecular flexibility index (Phi) is 7.12. The van der Waals surface area contributed by atoms with E-state index in [-0.39, 0.29) is 5.91 Å². The summed E-state index contributed by atoms with van der Waals surface area (Å²) in [6.07, 6.45) is -1.54. The summed E-state index contributed by atoms with van der Waals surface area (Å²) in [6, 6.07) is 13.7. The number of nitrogens with zero attached hydrogens (tertiary/aromatic N) is 1. The van der Waals surface area contributed by atoms with E-state index in [2.05, 4.69) is 5.32 Å². The van der Waals surface area contributed by atoms with Crippen LogP contribution in [0.15, 0.2) is 48.5 Å². The Hall–Kier alpha value is -3.55. The third kappa shape index (κ3) is 5.33. The molecule has 0 saturated heterocycles. The van der Waals surface area contributed by atoms with Crippen molar-refractivity contribution in [2.24, 2.45) is 0 Å². The highest BCUT2D eigenvalue weighted by Crippen LogP contribution is 2.33. The van der Waals surface area contributed by atoms with E-state index in [9.17, 15) is 14.4 Å². The van der Waals surface area contributed by atoms with E-state index in [1.807, 2.05) is 19.9 Å². The van der Waals surface area contributed by atoms with Gasteiger partial charge in [-0.05, 0) is 51.1 Å². The summed E-state index contributed by atoms with van der Waals surface area (Å²) >= 11 is 0. The van der Waals surface area contributed by atoms with Crippen LogP contribution in [0.3, 0.4) is 0 Å². The number of carbonyl (C=O) groups is 3. The molecular formula is C23H26N2O6. The van der Waals surface area contributed by atoms with Crippen LogP contribution in [0.4, 0.5) is 5.69 Å². The molecule has 0 saturated carbocycles. The predicted octanol–water partition coefficient (Wildman–Crippen LogP) is 2.88. The van der Waals surface area contributed by atoms with E-state index < -0.39 is 30.7 Å². The molecule has 1 heterocycles. The van der Waals surface area contributed by atoms with E-state index in [0.717, 1.165) is 0 Å². The van der Waals surface area contributed by atoms with Crippen molar-refractivity contribution < 1.29 is 28.6 Å². The summed E-state index contributed by atoms with van der Waals surface area (Å²) in [4.78, 5) is 38.8. The van der Waals surface area contributed by atoms with Gasteiger partial charge >= 0.3 is 5.97 Å². The SMILES string of the molecule is CCN(CC)C(=O)c1cccc(NC(=O)COC(=O)C2Oc3ccccc3OC2C)c1. The Morgan fingerprint density at radius 3 is 2.35 bits per heavy atom. The highest BCUT2D eigenvalue weighted by atomic mass is 16.6. The average Bonchev–Trinajstić information content (AvgIpc) is 2.78. The molecule has 164 valence electrons. The highest BCUT2D eigenvalue weighted by Gasteiger charge is 2.35. The van der Waals surface area contributed by atoms with Gasteiger partial charge in [0, 0.05) is 24.3 Å². The zero-order valence-electron chi connectivity index (χ0n) is 17.8. The molecule has 2 unspecified atom stereocenters. The molecule has 2 atom stereocenters. The molecule has 0 fully saturated rings. The molecular weight excluding hydrogens is 400 g/mol. The fraction of sp³-hybridized carbons (Fsp3) is 0.348. The molecule has 1 aliphatic rings. The Balaban J connectivity index is 1.55. The van der Waals surface area contributed by atoms with E-state index in [1.165, 1.54) is 0 Å². The van der Waals surface area contributed by atoms with E-state index in [4.69, 9.17) is 14.2 Å². The van der Waals surface area contributed by atoms with Crippen LogP contribution in [0.1, 0.15) is 31.1 Å². The largest absolute Gasteiger partial charge is 0.482 e. The number of hydrogen-bond acceptors (Lipinski definition) is 6. The maximum absolute atomic E-state index is 12.5. The van der Waals surface area contributed by atoms with Crippen molar-refractivity contribution in [2.45, 2.75) is 33.0 Å². The van der Waals surface area contributed by atoms with Crippen LogP contribution in [-0.4, -0.2) is 54.6 Å². The molecule has 8 heteroatoms. The summed E-state index contributed by atoms with van der Waals surface area (Å²) in [6.45, 7) is 6.21. The topological polar surface area (TPSA) is 94.2 Å². The standard InChI is InChI=1S/C23H26N2O6/c1-4-25(5-2)22(27)16-9-8-10-17(13-16)24-20(26)14-29-23(28)21-15(3)30-18-11-6-7-12-19(18)31-21/h6-13,15,21H,4-5,14H2,1-3H3,(H,24,26). The predicted molar refractivity (Wildman–Crippen MR) is 114 cm³/mol. The first-order valence-corrected chi connectivity index (χ1v) is 10.2. The summed E-state index contributed by atoms with van der Waals surface area (Å²) in [7, 11) is 0. The van der Waals surface area contributed by atoms with E-state index >= 15 is 0 Å². The molecule has 2 aromatic carbocycles. The van der Waals surface area contributed by atoms with Crippen LogP contribution in [-0.2, 0) is 14.3 Å². The van der Waals surface area contributed by atoms with Crippen LogP contribution in [0.25, 0.3) is 0 Å². The maximum Gasteiger partial charge on any atom is 0.351 e. The summed E-state index contributed by atoms with van der Waals surface area (Å²) in [5.41, 5.74) is 0.914. The first-order chi connectivity index (χ1) is 14.9. The second-order valence-corrected chi connectivity index (χ2v) is 7.02. The Morgan fingerprint density at radius 2 is 1.68 bits per heavy atom. The monoisotopic (exact) mass is 426 g/mol. The summed E-state index contributed by atoms with van der Waals surface area (Å²) in [5, 5.41) is 2.64. The second-order valence-electron chi connectivity index (χ2n) is 7.02. The van der Waals surface area contributed by atoms with Crippen molar-refractivity contribution in [3.8, 4) is 11.5 Å². The lowest BCUT2D eigenvalue weighted by Gasteiger charge is -2.30. The maximum atomic E-state index is 12.5. The van der Waals surface area contributed by atoms with Crippen LogP contribution >= 0.6 is 0 Å². The minimum absolute atomic E-state index is 0.115. The number of amides is 2. The molecule has 0 spiro atoms. The molecule has 31 heavy (non-hydrogen) atoms. The third-order valence-corrected chi connectivity index (χ3v) is 4.86. The molecule has 8 nitrogen and oxygen atoms in total. The van der Waals surface area contributed by atoms with E-state index in [0.29, 0.717) is 35.8 Å². The first-order valence-electron chi connectivity index (χ1n) is 10.2. The van der Waals surface area contributed by atoms with Gasteiger partial charge in [0.25, 0.3) is 11.8 Å². The van der Waals surface area contributed by atoms with Gasteiger partial charge in [-0.2, -0.15) is 0 Å². The van der Waals surface area contributed by atoms with Gasteiger partial charge in [-0.3, -0.25) is 9.59 Å². The Bertz CT molecular complexity index is 957. The zero-order chi connectivity index (χ0) is 22.4. The number of nitrogens with one attached hydrogen (secondary N) is 1. The first kappa shape index (κ1) is 22.1. The van der Waals surface area contributed by atoms with Gasteiger partial charge in [-0.25, -0.2) is 4.79 Å². The number of carbonyl (C=O) groups excluding carboxylic acids is 3. The fourth-order valence-electron chi connectivity index (χ4n) is 3.22. The fourth-order valence-corrected chi connectivity index (χ4v) is 3.22. The molecule has 0 bridgehead atoms. The summed E-state index contributed by atoms with van der Waals surface area (Å²) in [5.74, 6) is -0.331. The number of benzene rings is 2. The Labute approximate surface area is 181 Å². The lowest BCUT2D eigenvalue weighted by Crippen LogP contribution is -2.45. The lowest BCUT2D eigenvalue weighted by molar-refractivity contribution is -0.159. The van der Waals surface area contributed by atoms with Gasteiger partial charge < -0.3 is 24.4 Å². The van der Waals surface area contributed by atoms with Crippen molar-refractivity contribution in [1.29, 1.82) is 0 Å². The number of rotatable bonds is 7. The third-order valence-electron chi connectivity index (χ3n) is 4.86. The van der Waals surface area contributed by atoms with Gasteiger partial charge in [0.05, 0.1) is 0 Å². The lowest BCUT2D eigenvalue weighted by atomic mass is 10.1. The minimum Gasteiger partial charge on any atom is -0.482 e. The van der Waals surface area contributed by atoms with Crippen LogP contribution in [0.2, 0.25) is 0 Å². The van der Waals surface area contributed by atoms with Crippen molar-refractivity contribution in [2.75, 3.05) is 25.0 Å². The molecule has 0 radical (unpaired) electrons.